The number of benzene rings is 1. The van der Waals surface area contributed by atoms with Gasteiger partial charge in [0.25, 0.3) is 0 Å². The molecule has 1 aliphatic rings. The number of aromatic amines is 1. The zero-order valence-electron chi connectivity index (χ0n) is 17.0. The van der Waals surface area contributed by atoms with E-state index in [1.807, 2.05) is 0 Å². The van der Waals surface area contributed by atoms with Gasteiger partial charge in [0.2, 0.25) is 5.91 Å². The molecule has 12 radical (unpaired) electrons. The van der Waals surface area contributed by atoms with E-state index in [0.29, 0.717) is 15.9 Å². The van der Waals surface area contributed by atoms with E-state index in [1.165, 1.54) is 11.0 Å². The minimum absolute atomic E-state index is 0.250. The monoisotopic (exact) mass is 425 g/mol. The number of piperidine rings is 1. The molecule has 31 heavy (non-hydrogen) atoms. The van der Waals surface area contributed by atoms with Crippen LogP contribution in [0.25, 0.3) is 10.9 Å². The molecule has 1 saturated heterocycles. The molecule has 1 aromatic carbocycles. The highest BCUT2D eigenvalue weighted by molar-refractivity contribution is 6.64. The highest BCUT2D eigenvalue weighted by Gasteiger charge is 2.57. The Labute approximate surface area is 194 Å². The molecule has 13 heteroatoms. The van der Waals surface area contributed by atoms with Crippen molar-refractivity contribution in [1.29, 1.82) is 0 Å². The van der Waals surface area contributed by atoms with Gasteiger partial charge in [-0.3, -0.25) is 9.89 Å². The average Bonchev–Trinajstić information content (AvgIpc) is 3.13. The van der Waals surface area contributed by atoms with Crippen LogP contribution in [0.15, 0.2) is 18.3 Å². The largest absolute Gasteiger partial charge is 0.388 e. The van der Waals surface area contributed by atoms with Crippen molar-refractivity contribution in [3.8, 4) is 0 Å². The summed E-state index contributed by atoms with van der Waals surface area (Å²) in [5.74, 6) is -1.00. The number of fused-ring (bicyclic) bond motifs is 1. The molecule has 3 rings (SSSR count). The number of likely N-dealkylation sites (tertiary alicyclic amines) is 1. The minimum atomic E-state index is -2.13. The fourth-order valence-electron chi connectivity index (χ4n) is 4.97. The molecule has 6 nitrogen and oxygen atoms in total. The van der Waals surface area contributed by atoms with Crippen LogP contribution in [0, 0.1) is 11.3 Å². The van der Waals surface area contributed by atoms with Crippen LogP contribution >= 0.6 is 11.6 Å². The molecule has 1 aromatic heterocycles. The van der Waals surface area contributed by atoms with Gasteiger partial charge < -0.3 is 15.1 Å². The molecule has 1 fully saturated rings. The first kappa shape index (κ1) is 24.4. The first-order valence-corrected chi connectivity index (χ1v) is 10.1. The summed E-state index contributed by atoms with van der Waals surface area (Å²) < 4.78 is 0. The van der Waals surface area contributed by atoms with Crippen molar-refractivity contribution < 1.29 is 15.0 Å². The van der Waals surface area contributed by atoms with Crippen LogP contribution in [0.3, 0.4) is 0 Å². The summed E-state index contributed by atoms with van der Waals surface area (Å²) in [6.07, 6.45) is 0.574. The van der Waals surface area contributed by atoms with E-state index in [2.05, 4.69) is 10.2 Å². The third-order valence-electron chi connectivity index (χ3n) is 6.33. The Kier molecular flexibility index (Phi) is 6.77. The van der Waals surface area contributed by atoms with E-state index < -0.39 is 40.2 Å². The highest BCUT2D eigenvalue weighted by atomic mass is 35.5. The van der Waals surface area contributed by atoms with Gasteiger partial charge in [0.15, 0.2) is 0 Å². The molecule has 1 unspecified atom stereocenters. The van der Waals surface area contributed by atoms with E-state index in [-0.39, 0.29) is 31.5 Å². The Morgan fingerprint density at radius 3 is 2.29 bits per heavy atom. The van der Waals surface area contributed by atoms with E-state index >= 15 is 0 Å². The van der Waals surface area contributed by atoms with Crippen molar-refractivity contribution in [3.05, 3.63) is 28.9 Å². The number of aliphatic hydroxyl groups is 2. The van der Waals surface area contributed by atoms with Gasteiger partial charge >= 0.3 is 0 Å². The van der Waals surface area contributed by atoms with Crippen molar-refractivity contribution in [1.82, 2.24) is 15.1 Å². The van der Waals surface area contributed by atoms with E-state index in [0.717, 1.165) is 0 Å². The second-order valence-corrected chi connectivity index (χ2v) is 8.72. The molecule has 2 heterocycles. The maximum atomic E-state index is 11.9. The van der Waals surface area contributed by atoms with E-state index in [1.54, 1.807) is 12.3 Å². The molecule has 148 valence electrons. The lowest BCUT2D eigenvalue weighted by atomic mass is 9.16. The molecule has 1 aliphatic heterocycles. The smallest absolute Gasteiger partial charge is 0.248 e. The predicted octanol–water partition coefficient (Wildman–Crippen LogP) is -0.375. The topological polar surface area (TPSA) is 89.5 Å². The Morgan fingerprint density at radius 2 is 1.77 bits per heavy atom. The zero-order valence-corrected chi connectivity index (χ0v) is 17.7. The van der Waals surface area contributed by atoms with E-state index in [4.69, 9.17) is 63.8 Å². The molecule has 2 aromatic rings. The van der Waals surface area contributed by atoms with Gasteiger partial charge in [0, 0.05) is 29.1 Å². The lowest BCUT2D eigenvalue weighted by Crippen LogP contribution is -2.59. The number of carbonyl (C=O) groups excluding carboxylic acids is 1. The summed E-state index contributed by atoms with van der Waals surface area (Å²) in [6, 6.07) is 3.18. The van der Waals surface area contributed by atoms with Crippen LogP contribution in [0.2, 0.25) is 15.2 Å². The quantitative estimate of drug-likeness (QED) is 0.552. The number of amides is 1. The van der Waals surface area contributed by atoms with Gasteiger partial charge in [-0.25, -0.2) is 0 Å². The van der Waals surface area contributed by atoms with Crippen molar-refractivity contribution in [2.24, 2.45) is 11.3 Å². The number of nitrogens with zero attached hydrogens (tertiary/aromatic N) is 2. The molecule has 1 atom stereocenters. The van der Waals surface area contributed by atoms with Crippen LogP contribution in [-0.2, 0) is 4.79 Å². The molecule has 1 amide bonds. The molecule has 0 saturated carbocycles. The third-order valence-corrected chi connectivity index (χ3v) is 6.55. The van der Waals surface area contributed by atoms with Gasteiger partial charge in [0.1, 0.15) is 6.61 Å². The summed E-state index contributed by atoms with van der Waals surface area (Å²) >= 11 is 6.25. The lowest BCUT2D eigenvalue weighted by Gasteiger charge is -2.64. The average molecular weight is 425 g/mol. The number of H-pyrrole nitrogens is 1. The standard InChI is InChI=1S/C18H18B6ClN3O3/c19-17(20,21)16(18(22,23)24,10-1-3-28(4-2-10)13(30)8-29)15(31)12-6-11(25)5-9-7-26-27-14(9)12/h5-7,10,15,29,31H,1-4,8H2,(H,26,27). The van der Waals surface area contributed by atoms with Crippen molar-refractivity contribution >= 4 is 75.5 Å². The first-order valence-electron chi connectivity index (χ1n) is 9.77. The van der Waals surface area contributed by atoms with Gasteiger partial charge in [0.05, 0.1) is 64.9 Å². The summed E-state index contributed by atoms with van der Waals surface area (Å²) in [5.41, 5.74) is -1.09. The third kappa shape index (κ3) is 4.11. The SMILES string of the molecule is [B]C([B])([B])C(C1CCN(C(=O)CO)CC1)(C(O)c1cc(Cl)cc2cn[nH]c12)C([B])([B])[B]. The number of carbonyl (C=O) groups is 1. The number of halogens is 1. The van der Waals surface area contributed by atoms with Crippen LogP contribution in [-0.4, -0.2) is 98.0 Å². The second-order valence-electron chi connectivity index (χ2n) is 8.28. The van der Waals surface area contributed by atoms with Gasteiger partial charge in [-0.1, -0.05) is 11.6 Å². The predicted molar refractivity (Wildman–Crippen MR) is 125 cm³/mol. The number of nitrogens with one attached hydrogen (secondary N) is 1. The molecule has 0 bridgehead atoms. The molecule has 0 spiro atoms. The second kappa shape index (κ2) is 8.60. The van der Waals surface area contributed by atoms with Crippen LogP contribution in [0.5, 0.6) is 0 Å². The van der Waals surface area contributed by atoms with Crippen molar-refractivity contribution in [2.75, 3.05) is 19.7 Å². The Hall–Kier alpha value is -1.24. The maximum Gasteiger partial charge on any atom is 0.248 e. The molecular weight excluding hydrogens is 407 g/mol. The number of hydrogen-bond donors (Lipinski definition) is 3. The number of hydrogen-bond acceptors (Lipinski definition) is 4. The van der Waals surface area contributed by atoms with Gasteiger partial charge in [-0.2, -0.15) is 5.10 Å². The number of rotatable bonds is 6. The lowest BCUT2D eigenvalue weighted by molar-refractivity contribution is -0.137. The summed E-state index contributed by atoms with van der Waals surface area (Å²) in [5, 5.41) is 24.3. The molecule has 3 N–H and O–H groups in total. The Morgan fingerprint density at radius 1 is 1.19 bits per heavy atom. The van der Waals surface area contributed by atoms with Crippen molar-refractivity contribution in [2.45, 2.75) is 29.2 Å². The van der Waals surface area contributed by atoms with Crippen LogP contribution < -0.4 is 0 Å². The fourth-order valence-corrected chi connectivity index (χ4v) is 5.21. The van der Waals surface area contributed by atoms with E-state index in [9.17, 15) is 9.90 Å². The molecular formula is C18H18B6ClN3O3. The normalized spacial score (nSPS) is 17.7. The Balaban J connectivity index is 2.15. The summed E-state index contributed by atoms with van der Waals surface area (Å²) in [7, 11) is 37.3. The van der Waals surface area contributed by atoms with Crippen molar-refractivity contribution in [3.63, 3.8) is 0 Å². The first-order chi connectivity index (χ1) is 14.3. The fraction of sp³-hybridized carbons (Fsp3) is 0.556. The Bertz CT molecular complexity index is 939. The summed E-state index contributed by atoms with van der Waals surface area (Å²) in [4.78, 5) is 13.4. The minimum Gasteiger partial charge on any atom is -0.388 e. The van der Waals surface area contributed by atoms with Crippen LogP contribution in [0.1, 0.15) is 24.5 Å². The van der Waals surface area contributed by atoms with Gasteiger partial charge in [-0.15, -0.1) is 10.2 Å². The molecule has 0 aliphatic carbocycles. The van der Waals surface area contributed by atoms with Crippen LogP contribution in [0.4, 0.5) is 0 Å². The zero-order chi connectivity index (χ0) is 23.2. The highest BCUT2D eigenvalue weighted by Crippen LogP contribution is 2.65. The maximum absolute atomic E-state index is 11.9. The number of aliphatic hydroxyl groups excluding tert-OH is 2. The van der Waals surface area contributed by atoms with Gasteiger partial charge in [-0.05, 0) is 36.3 Å². The number of aromatic nitrogens is 2. The summed E-state index contributed by atoms with van der Waals surface area (Å²) in [6.45, 7) is -0.110.